The quantitative estimate of drug-likeness (QED) is 0.307. The maximum absolute atomic E-state index is 10.7. The van der Waals surface area contributed by atoms with Gasteiger partial charge in [-0.05, 0) is 25.4 Å². The molecule has 1 heterocycles. The molecule has 0 bridgehead atoms. The minimum Gasteiger partial charge on any atom is -0.703 e. The van der Waals surface area contributed by atoms with Gasteiger partial charge in [0.05, 0.1) is 4.91 Å². The van der Waals surface area contributed by atoms with Gasteiger partial charge in [0.25, 0.3) is 0 Å². The van der Waals surface area contributed by atoms with Crippen molar-refractivity contribution in [1.82, 2.24) is 5.17 Å². The molecule has 0 aliphatic carbocycles. The van der Waals surface area contributed by atoms with E-state index in [1.165, 1.54) is 6.92 Å². The Hall–Kier alpha value is -0.350. The second kappa shape index (κ2) is 1.62. The minimum atomic E-state index is -1.09. The molecule has 58 valence electrons. The second-order valence-electron chi connectivity index (χ2n) is 3.06. The number of hydrogen-bond acceptors (Lipinski definition) is 2. The summed E-state index contributed by atoms with van der Waals surface area (Å²) in [6.45, 7) is 4.78. The molecular formula is C5H9ClN2O2. The van der Waals surface area contributed by atoms with Crippen LogP contribution in [0.2, 0.25) is 0 Å². The normalized spacial score (nSPS) is 37.7. The number of rotatable bonds is 0. The standard InChI is InChI=1S/C5H9ClN2O2/c1-4(2)5(3,6)8(10)7(4)9/h1-3H3. The third kappa shape index (κ3) is 0.557. The van der Waals surface area contributed by atoms with E-state index in [9.17, 15) is 10.1 Å². The third-order valence-corrected chi connectivity index (χ3v) is 2.73. The van der Waals surface area contributed by atoms with Gasteiger partial charge in [-0.2, -0.15) is 5.17 Å². The van der Waals surface area contributed by atoms with Gasteiger partial charge in [0.2, 0.25) is 0 Å². The lowest BCUT2D eigenvalue weighted by Gasteiger charge is -2.50. The van der Waals surface area contributed by atoms with E-state index in [0.29, 0.717) is 5.17 Å². The van der Waals surface area contributed by atoms with Gasteiger partial charge in [-0.25, -0.2) is 0 Å². The van der Waals surface area contributed by atoms with E-state index in [1.54, 1.807) is 13.8 Å². The van der Waals surface area contributed by atoms with Gasteiger partial charge in [0.1, 0.15) is 4.87 Å². The highest BCUT2D eigenvalue weighted by Gasteiger charge is 2.69. The van der Waals surface area contributed by atoms with E-state index in [4.69, 9.17) is 11.6 Å². The van der Waals surface area contributed by atoms with Gasteiger partial charge in [0.15, 0.2) is 5.54 Å². The van der Waals surface area contributed by atoms with Gasteiger partial charge in [0, 0.05) is 6.92 Å². The molecule has 10 heavy (non-hydrogen) atoms. The van der Waals surface area contributed by atoms with Crippen LogP contribution >= 0.6 is 11.6 Å². The van der Waals surface area contributed by atoms with Crippen LogP contribution in [0.5, 0.6) is 0 Å². The van der Waals surface area contributed by atoms with E-state index in [1.807, 2.05) is 0 Å². The molecule has 0 aromatic rings. The number of nitrogens with zero attached hydrogens (tertiary/aromatic N) is 2. The number of hydrazine groups is 1. The first-order chi connectivity index (χ1) is 4.32. The summed E-state index contributed by atoms with van der Waals surface area (Å²) in [5, 5.41) is 11.1. The zero-order valence-electron chi connectivity index (χ0n) is 6.09. The second-order valence-corrected chi connectivity index (χ2v) is 3.79. The molecule has 1 saturated heterocycles. The molecule has 1 fully saturated rings. The fourth-order valence-electron chi connectivity index (χ4n) is 0.762. The predicted octanol–water partition coefficient (Wildman–Crippen LogP) is 1.23. The molecule has 0 saturated carbocycles. The largest absolute Gasteiger partial charge is 0.703 e. The highest BCUT2D eigenvalue weighted by molar-refractivity contribution is 6.23. The smallest absolute Gasteiger partial charge is 0.339 e. The Bertz CT molecular complexity index is 190. The van der Waals surface area contributed by atoms with Crippen LogP contribution in [-0.4, -0.2) is 20.6 Å². The molecule has 1 aliphatic rings. The van der Waals surface area contributed by atoms with Crippen LogP contribution in [0.25, 0.3) is 0 Å². The zero-order valence-corrected chi connectivity index (χ0v) is 6.84. The Kier molecular flexibility index (Phi) is 1.26. The molecular weight excluding hydrogens is 156 g/mol. The summed E-state index contributed by atoms with van der Waals surface area (Å²) in [5.41, 5.74) is -0.795. The van der Waals surface area contributed by atoms with E-state index >= 15 is 0 Å². The van der Waals surface area contributed by atoms with E-state index < -0.39 is 10.5 Å². The van der Waals surface area contributed by atoms with Crippen LogP contribution in [0.15, 0.2) is 0 Å². The molecule has 0 spiro atoms. The number of hydrogen-bond donors (Lipinski definition) is 0. The van der Waals surface area contributed by atoms with Crippen molar-refractivity contribution in [1.29, 1.82) is 0 Å². The van der Waals surface area contributed by atoms with Crippen LogP contribution in [0.4, 0.5) is 0 Å². The van der Waals surface area contributed by atoms with Gasteiger partial charge in [-0.15, -0.1) is 0 Å². The zero-order chi connectivity index (χ0) is 8.15. The van der Waals surface area contributed by atoms with Crippen LogP contribution < -0.4 is 0 Å². The Morgan fingerprint density at radius 3 is 2.00 bits per heavy atom. The molecule has 0 aromatic carbocycles. The molecule has 1 unspecified atom stereocenters. The van der Waals surface area contributed by atoms with Crippen molar-refractivity contribution < 1.29 is 4.87 Å². The Morgan fingerprint density at radius 1 is 1.50 bits per heavy atom. The first kappa shape index (κ1) is 7.75. The summed E-state index contributed by atoms with van der Waals surface area (Å²) in [4.78, 5) is 9.84. The van der Waals surface area contributed by atoms with Gasteiger partial charge >= 0.3 is 5.00 Å². The van der Waals surface area contributed by atoms with Crippen LogP contribution in [0, 0.1) is 10.1 Å². The average molecular weight is 165 g/mol. The van der Waals surface area contributed by atoms with Crippen LogP contribution in [0.3, 0.4) is 0 Å². The molecule has 0 radical (unpaired) electrons. The maximum Gasteiger partial charge on any atom is 0.339 e. The Labute approximate surface area is 63.9 Å². The highest BCUT2D eigenvalue weighted by Crippen LogP contribution is 2.44. The molecule has 4 nitrogen and oxygen atoms in total. The van der Waals surface area contributed by atoms with Crippen molar-refractivity contribution in [2.45, 2.75) is 31.3 Å². The number of hydroxylamine groups is 1. The third-order valence-electron chi connectivity index (χ3n) is 2.12. The lowest BCUT2D eigenvalue weighted by atomic mass is 9.92. The van der Waals surface area contributed by atoms with Crippen molar-refractivity contribution in [3.05, 3.63) is 10.1 Å². The van der Waals surface area contributed by atoms with E-state index in [2.05, 4.69) is 0 Å². The van der Waals surface area contributed by atoms with Crippen molar-refractivity contribution in [2.24, 2.45) is 0 Å². The Balaban J connectivity index is 2.92. The Morgan fingerprint density at radius 2 is 1.90 bits per heavy atom. The number of halogens is 1. The first-order valence-electron chi connectivity index (χ1n) is 2.95. The molecule has 5 heteroatoms. The topological polar surface area (TPSA) is 46.4 Å². The van der Waals surface area contributed by atoms with Crippen molar-refractivity contribution in [2.75, 3.05) is 0 Å². The first-order valence-corrected chi connectivity index (χ1v) is 3.33. The lowest BCUT2D eigenvalue weighted by Crippen LogP contribution is -2.74. The maximum atomic E-state index is 10.7. The molecule has 1 aliphatic heterocycles. The molecule has 0 aromatic heterocycles. The van der Waals surface area contributed by atoms with Crippen molar-refractivity contribution in [3.8, 4) is 0 Å². The van der Waals surface area contributed by atoms with E-state index in [-0.39, 0.29) is 4.87 Å². The van der Waals surface area contributed by atoms with Crippen molar-refractivity contribution in [3.63, 3.8) is 0 Å². The summed E-state index contributed by atoms with van der Waals surface area (Å²) in [6.07, 6.45) is 0. The number of alkyl halides is 1. The number of nitroso groups, excluding NO2 is 1. The molecule has 1 atom stereocenters. The summed E-state index contributed by atoms with van der Waals surface area (Å²) < 4.78 is 0. The highest BCUT2D eigenvalue weighted by atomic mass is 35.5. The fraction of sp³-hybridized carbons (Fsp3) is 1.00. The SMILES string of the molecule is CC1(C)N([O-])[N+](=O)C1(C)Cl. The lowest BCUT2D eigenvalue weighted by molar-refractivity contribution is -0.830. The van der Waals surface area contributed by atoms with Crippen molar-refractivity contribution >= 4 is 11.6 Å². The fourth-order valence-corrected chi connectivity index (χ4v) is 0.902. The summed E-state index contributed by atoms with van der Waals surface area (Å²) in [6, 6.07) is 0. The molecule has 0 amide bonds. The molecule has 0 N–H and O–H groups in total. The average Bonchev–Trinajstić information content (AvgIpc) is 1.84. The molecule has 1 rings (SSSR count). The van der Waals surface area contributed by atoms with Crippen LogP contribution in [0.1, 0.15) is 20.8 Å². The van der Waals surface area contributed by atoms with Gasteiger partial charge in [-0.1, -0.05) is 0 Å². The van der Waals surface area contributed by atoms with Gasteiger partial charge < -0.3 is 5.21 Å². The monoisotopic (exact) mass is 164 g/mol. The van der Waals surface area contributed by atoms with Gasteiger partial charge in [-0.3, -0.25) is 0 Å². The van der Waals surface area contributed by atoms with E-state index in [0.717, 1.165) is 0 Å². The summed E-state index contributed by atoms with van der Waals surface area (Å²) in [7, 11) is 0. The minimum absolute atomic E-state index is 0.231. The predicted molar refractivity (Wildman–Crippen MR) is 37.2 cm³/mol. The summed E-state index contributed by atoms with van der Waals surface area (Å²) in [5.74, 6) is 0. The van der Waals surface area contributed by atoms with Crippen LogP contribution in [-0.2, 0) is 0 Å². The summed E-state index contributed by atoms with van der Waals surface area (Å²) >= 11 is 5.71.